The Bertz CT molecular complexity index is 557. The van der Waals surface area contributed by atoms with E-state index in [4.69, 9.17) is 5.11 Å². The molecule has 2 rings (SSSR count). The maximum Gasteiger partial charge on any atom is 0.307 e. The molecule has 0 saturated carbocycles. The quantitative estimate of drug-likeness (QED) is 0.897. The van der Waals surface area contributed by atoms with Gasteiger partial charge in [-0.3, -0.25) is 4.79 Å². The van der Waals surface area contributed by atoms with Gasteiger partial charge in [-0.1, -0.05) is 30.3 Å². The van der Waals surface area contributed by atoms with Crippen LogP contribution in [0.4, 0.5) is 0 Å². The third-order valence-electron chi connectivity index (χ3n) is 2.78. The summed E-state index contributed by atoms with van der Waals surface area (Å²) in [4.78, 5) is 19.5. The van der Waals surface area contributed by atoms with Crippen LogP contribution in [0.15, 0.2) is 30.3 Å². The largest absolute Gasteiger partial charge is 0.481 e. The second-order valence-corrected chi connectivity index (χ2v) is 4.13. The maximum absolute atomic E-state index is 10.8. The Balaban J connectivity index is 2.46. The molecule has 0 atom stereocenters. The van der Waals surface area contributed by atoms with Gasteiger partial charge in [-0.05, 0) is 13.8 Å². The molecule has 4 nitrogen and oxygen atoms in total. The molecule has 1 aromatic heterocycles. The van der Waals surface area contributed by atoms with Gasteiger partial charge in [-0.2, -0.15) is 0 Å². The zero-order valence-corrected chi connectivity index (χ0v) is 10.3. The van der Waals surface area contributed by atoms with Crippen molar-refractivity contribution in [3.05, 3.63) is 47.3 Å². The van der Waals surface area contributed by atoms with Crippen LogP contribution >= 0.6 is 0 Å². The number of hydrogen-bond acceptors (Lipinski definition) is 3. The fourth-order valence-corrected chi connectivity index (χ4v) is 1.86. The zero-order valence-electron chi connectivity index (χ0n) is 10.3. The molecule has 0 aliphatic rings. The van der Waals surface area contributed by atoms with Crippen molar-refractivity contribution in [3.63, 3.8) is 0 Å². The predicted molar refractivity (Wildman–Crippen MR) is 68.3 cm³/mol. The first-order valence-corrected chi connectivity index (χ1v) is 5.69. The topological polar surface area (TPSA) is 63.1 Å². The molecule has 1 aromatic carbocycles. The van der Waals surface area contributed by atoms with Gasteiger partial charge in [0.15, 0.2) is 5.82 Å². The summed E-state index contributed by atoms with van der Waals surface area (Å²) in [5.74, 6) is -0.225. The highest BCUT2D eigenvalue weighted by molar-refractivity contribution is 5.71. The lowest BCUT2D eigenvalue weighted by Crippen LogP contribution is -2.08. The molecular weight excluding hydrogens is 228 g/mol. The van der Waals surface area contributed by atoms with Crippen molar-refractivity contribution in [2.45, 2.75) is 20.3 Å². The molecular formula is C14H14N2O2. The first kappa shape index (κ1) is 12.2. The summed E-state index contributed by atoms with van der Waals surface area (Å²) in [7, 11) is 0. The molecule has 0 aliphatic carbocycles. The summed E-state index contributed by atoms with van der Waals surface area (Å²) in [6.07, 6.45) is -0.0350. The van der Waals surface area contributed by atoms with E-state index in [1.807, 2.05) is 44.2 Å². The molecule has 18 heavy (non-hydrogen) atoms. The number of aromatic nitrogens is 2. The van der Waals surface area contributed by atoms with E-state index in [2.05, 4.69) is 9.97 Å². The van der Waals surface area contributed by atoms with Crippen LogP contribution in [0.25, 0.3) is 11.4 Å². The Kier molecular flexibility index (Phi) is 3.37. The van der Waals surface area contributed by atoms with Gasteiger partial charge in [0.2, 0.25) is 0 Å². The highest BCUT2D eigenvalue weighted by Gasteiger charge is 2.12. The van der Waals surface area contributed by atoms with Crippen LogP contribution < -0.4 is 0 Å². The molecule has 2 aromatic rings. The fraction of sp³-hybridized carbons (Fsp3) is 0.214. The lowest BCUT2D eigenvalue weighted by Gasteiger charge is -2.09. The Morgan fingerprint density at radius 3 is 2.17 bits per heavy atom. The Hall–Kier alpha value is -2.23. The summed E-state index contributed by atoms with van der Waals surface area (Å²) >= 11 is 0. The first-order chi connectivity index (χ1) is 8.58. The molecule has 0 aliphatic heterocycles. The van der Waals surface area contributed by atoms with E-state index >= 15 is 0 Å². The third kappa shape index (κ3) is 2.53. The van der Waals surface area contributed by atoms with Gasteiger partial charge in [0.05, 0.1) is 6.42 Å². The van der Waals surface area contributed by atoms with Gasteiger partial charge in [0.25, 0.3) is 0 Å². The van der Waals surface area contributed by atoms with Crippen molar-refractivity contribution >= 4 is 5.97 Å². The summed E-state index contributed by atoms with van der Waals surface area (Å²) in [6.45, 7) is 3.64. The smallest absolute Gasteiger partial charge is 0.307 e. The van der Waals surface area contributed by atoms with Crippen molar-refractivity contribution in [1.82, 2.24) is 9.97 Å². The maximum atomic E-state index is 10.8. The van der Waals surface area contributed by atoms with E-state index in [-0.39, 0.29) is 6.42 Å². The molecule has 0 amide bonds. The number of carbonyl (C=O) groups is 1. The fourth-order valence-electron chi connectivity index (χ4n) is 1.86. The van der Waals surface area contributed by atoms with Gasteiger partial charge in [-0.25, -0.2) is 9.97 Å². The van der Waals surface area contributed by atoms with Crippen LogP contribution in [0.2, 0.25) is 0 Å². The van der Waals surface area contributed by atoms with Crippen LogP contribution in [-0.4, -0.2) is 21.0 Å². The van der Waals surface area contributed by atoms with Crippen LogP contribution in [0.1, 0.15) is 17.0 Å². The molecule has 4 heteroatoms. The molecule has 0 spiro atoms. The standard InChI is InChI=1S/C14H14N2O2/c1-9-12(8-13(17)18)10(2)16-14(15-9)11-6-4-3-5-7-11/h3-7H,8H2,1-2H3,(H,17,18). The lowest BCUT2D eigenvalue weighted by atomic mass is 10.1. The van der Waals surface area contributed by atoms with Gasteiger partial charge in [-0.15, -0.1) is 0 Å². The van der Waals surface area contributed by atoms with Gasteiger partial charge >= 0.3 is 5.97 Å². The van der Waals surface area contributed by atoms with E-state index in [1.165, 1.54) is 0 Å². The molecule has 1 heterocycles. The first-order valence-electron chi connectivity index (χ1n) is 5.69. The van der Waals surface area contributed by atoms with Crippen LogP contribution in [0.5, 0.6) is 0 Å². The van der Waals surface area contributed by atoms with E-state index < -0.39 is 5.97 Å². The summed E-state index contributed by atoms with van der Waals surface area (Å²) in [6, 6.07) is 9.65. The van der Waals surface area contributed by atoms with E-state index in [9.17, 15) is 4.79 Å². The second-order valence-electron chi connectivity index (χ2n) is 4.13. The van der Waals surface area contributed by atoms with Gasteiger partial charge in [0, 0.05) is 22.5 Å². The van der Waals surface area contributed by atoms with Crippen LogP contribution in [0, 0.1) is 13.8 Å². The minimum atomic E-state index is -0.864. The molecule has 0 unspecified atom stereocenters. The lowest BCUT2D eigenvalue weighted by molar-refractivity contribution is -0.136. The number of nitrogens with zero attached hydrogens (tertiary/aromatic N) is 2. The van der Waals surface area contributed by atoms with Gasteiger partial charge < -0.3 is 5.11 Å². The molecule has 0 fully saturated rings. The van der Waals surface area contributed by atoms with Crippen molar-refractivity contribution in [3.8, 4) is 11.4 Å². The number of aliphatic carboxylic acids is 1. The number of benzene rings is 1. The highest BCUT2D eigenvalue weighted by atomic mass is 16.4. The molecule has 1 N–H and O–H groups in total. The highest BCUT2D eigenvalue weighted by Crippen LogP contribution is 2.18. The van der Waals surface area contributed by atoms with Crippen LogP contribution in [0.3, 0.4) is 0 Å². The summed E-state index contributed by atoms with van der Waals surface area (Å²) in [5, 5.41) is 8.85. The average Bonchev–Trinajstić information content (AvgIpc) is 2.34. The zero-order chi connectivity index (χ0) is 13.1. The number of carboxylic acid groups (broad SMARTS) is 1. The summed E-state index contributed by atoms with van der Waals surface area (Å²) in [5.41, 5.74) is 3.08. The van der Waals surface area contributed by atoms with Crippen molar-refractivity contribution in [2.24, 2.45) is 0 Å². The average molecular weight is 242 g/mol. The van der Waals surface area contributed by atoms with E-state index in [0.717, 1.165) is 17.0 Å². The number of hydrogen-bond donors (Lipinski definition) is 1. The van der Waals surface area contributed by atoms with Crippen LogP contribution in [-0.2, 0) is 11.2 Å². The predicted octanol–water partition coefficient (Wildman–Crippen LogP) is 2.39. The van der Waals surface area contributed by atoms with Crippen molar-refractivity contribution in [2.75, 3.05) is 0 Å². The second kappa shape index (κ2) is 4.96. The van der Waals surface area contributed by atoms with E-state index in [0.29, 0.717) is 11.4 Å². The van der Waals surface area contributed by atoms with E-state index in [1.54, 1.807) is 0 Å². The Morgan fingerprint density at radius 2 is 1.67 bits per heavy atom. The van der Waals surface area contributed by atoms with Gasteiger partial charge in [0.1, 0.15) is 0 Å². The minimum absolute atomic E-state index is 0.0350. The Morgan fingerprint density at radius 1 is 1.11 bits per heavy atom. The Labute approximate surface area is 105 Å². The number of rotatable bonds is 3. The molecule has 0 radical (unpaired) electrons. The number of carboxylic acids is 1. The molecule has 92 valence electrons. The molecule has 0 bridgehead atoms. The molecule has 0 saturated heterocycles. The van der Waals surface area contributed by atoms with Crippen molar-refractivity contribution in [1.29, 1.82) is 0 Å². The monoisotopic (exact) mass is 242 g/mol. The minimum Gasteiger partial charge on any atom is -0.481 e. The summed E-state index contributed by atoms with van der Waals surface area (Å²) < 4.78 is 0. The SMILES string of the molecule is Cc1nc(-c2ccccc2)nc(C)c1CC(=O)O. The van der Waals surface area contributed by atoms with Crippen molar-refractivity contribution < 1.29 is 9.90 Å². The normalized spacial score (nSPS) is 10.3. The third-order valence-corrected chi connectivity index (χ3v) is 2.78. The number of aryl methyl sites for hydroxylation is 2.